The first-order valence-electron chi connectivity index (χ1n) is 6.73. The smallest absolute Gasteiger partial charge is 0.0248 e. The van der Waals surface area contributed by atoms with Crippen molar-refractivity contribution in [2.75, 3.05) is 31.9 Å². The number of piperazine rings is 1. The highest BCUT2D eigenvalue weighted by Crippen LogP contribution is 2.27. The molecule has 1 aromatic carbocycles. The number of nitrogens with one attached hydrogen (secondary N) is 1. The first-order valence-corrected chi connectivity index (χ1v) is 7.72. The van der Waals surface area contributed by atoms with Crippen LogP contribution in [0.25, 0.3) is 0 Å². The fourth-order valence-corrected chi connectivity index (χ4v) is 3.47. The second kappa shape index (κ2) is 6.09. The minimum Gasteiger partial charge on any atom is -0.314 e. The molecule has 1 aliphatic rings. The average Bonchev–Trinajstić information content (AvgIpc) is 2.38. The molecule has 3 heteroatoms. The Morgan fingerprint density at radius 1 is 1.28 bits per heavy atom. The van der Waals surface area contributed by atoms with E-state index in [0.717, 1.165) is 18.8 Å². The highest BCUT2D eigenvalue weighted by molar-refractivity contribution is 7.99. The van der Waals surface area contributed by atoms with Crippen molar-refractivity contribution in [2.24, 2.45) is 0 Å². The number of hydrogen-bond acceptors (Lipinski definition) is 3. The lowest BCUT2D eigenvalue weighted by Crippen LogP contribution is -2.54. The maximum absolute atomic E-state index is 3.42. The van der Waals surface area contributed by atoms with Gasteiger partial charge >= 0.3 is 0 Å². The molecule has 0 spiro atoms. The maximum Gasteiger partial charge on any atom is 0.0248 e. The van der Waals surface area contributed by atoms with Crippen LogP contribution in [0.5, 0.6) is 0 Å². The van der Waals surface area contributed by atoms with Crippen LogP contribution in [0.15, 0.2) is 29.2 Å². The number of rotatable bonds is 4. The van der Waals surface area contributed by atoms with E-state index in [0.29, 0.717) is 0 Å². The van der Waals surface area contributed by atoms with Gasteiger partial charge in [0.2, 0.25) is 0 Å². The summed E-state index contributed by atoms with van der Waals surface area (Å²) >= 11 is 1.97. The third-order valence-corrected chi connectivity index (χ3v) is 4.99. The molecule has 2 nitrogen and oxygen atoms in total. The highest BCUT2D eigenvalue weighted by atomic mass is 32.2. The molecule has 1 fully saturated rings. The molecule has 1 aromatic rings. The van der Waals surface area contributed by atoms with Gasteiger partial charge in [0.25, 0.3) is 0 Å². The molecule has 0 radical (unpaired) electrons. The Morgan fingerprint density at radius 2 is 2.00 bits per heavy atom. The number of benzene rings is 1. The van der Waals surface area contributed by atoms with E-state index in [1.165, 1.54) is 23.5 Å². The third-order valence-electron chi connectivity index (χ3n) is 3.55. The maximum atomic E-state index is 3.42. The Morgan fingerprint density at radius 3 is 2.67 bits per heavy atom. The minimum absolute atomic E-state index is 0.274. The number of hydrogen-bond donors (Lipinski definition) is 1. The van der Waals surface area contributed by atoms with Crippen LogP contribution < -0.4 is 5.32 Å². The fourth-order valence-electron chi connectivity index (χ4n) is 2.33. The van der Waals surface area contributed by atoms with E-state index in [4.69, 9.17) is 0 Å². The monoisotopic (exact) mass is 264 g/mol. The molecule has 100 valence electrons. The summed E-state index contributed by atoms with van der Waals surface area (Å²) in [6, 6.07) is 8.80. The van der Waals surface area contributed by atoms with Crippen molar-refractivity contribution in [1.82, 2.24) is 10.2 Å². The highest BCUT2D eigenvalue weighted by Gasteiger charge is 2.27. The van der Waals surface area contributed by atoms with Gasteiger partial charge in [-0.3, -0.25) is 4.90 Å². The molecule has 1 saturated heterocycles. The van der Waals surface area contributed by atoms with Crippen molar-refractivity contribution in [1.29, 1.82) is 0 Å². The summed E-state index contributed by atoms with van der Waals surface area (Å²) < 4.78 is 0. The second-order valence-corrected chi connectivity index (χ2v) is 6.70. The van der Waals surface area contributed by atoms with Crippen LogP contribution in [0.1, 0.15) is 19.4 Å². The zero-order chi connectivity index (χ0) is 13.0. The van der Waals surface area contributed by atoms with Crippen molar-refractivity contribution in [3.63, 3.8) is 0 Å². The van der Waals surface area contributed by atoms with Gasteiger partial charge in [0.1, 0.15) is 0 Å². The zero-order valence-electron chi connectivity index (χ0n) is 11.7. The SMILES string of the molecule is Cc1cccc(SCC(C)(C)N2CCNCC2)c1. The lowest BCUT2D eigenvalue weighted by molar-refractivity contribution is 0.123. The Balaban J connectivity index is 1.91. The lowest BCUT2D eigenvalue weighted by atomic mass is 10.1. The summed E-state index contributed by atoms with van der Waals surface area (Å²) in [5.74, 6) is 1.15. The molecule has 1 heterocycles. The van der Waals surface area contributed by atoms with Crippen LogP contribution in [0.3, 0.4) is 0 Å². The standard InChI is InChI=1S/C15H24N2S/c1-13-5-4-6-14(11-13)18-12-15(2,3)17-9-7-16-8-10-17/h4-6,11,16H,7-10,12H2,1-3H3. The van der Waals surface area contributed by atoms with Crippen molar-refractivity contribution >= 4 is 11.8 Å². The zero-order valence-corrected chi connectivity index (χ0v) is 12.5. The van der Waals surface area contributed by atoms with E-state index in [1.54, 1.807) is 0 Å². The van der Waals surface area contributed by atoms with E-state index in [2.05, 4.69) is 55.3 Å². The van der Waals surface area contributed by atoms with Gasteiger partial charge in [0, 0.05) is 42.4 Å². The van der Waals surface area contributed by atoms with Crippen molar-refractivity contribution in [3.05, 3.63) is 29.8 Å². The van der Waals surface area contributed by atoms with Crippen molar-refractivity contribution in [3.8, 4) is 0 Å². The van der Waals surface area contributed by atoms with Gasteiger partial charge in [-0.25, -0.2) is 0 Å². The molecule has 0 unspecified atom stereocenters. The molecule has 2 rings (SSSR count). The number of aryl methyl sites for hydroxylation is 1. The molecule has 0 aliphatic carbocycles. The summed E-state index contributed by atoms with van der Waals surface area (Å²) in [5.41, 5.74) is 1.62. The van der Waals surface area contributed by atoms with Crippen LogP contribution in [-0.4, -0.2) is 42.4 Å². The Bertz CT molecular complexity index is 384. The molecule has 1 N–H and O–H groups in total. The van der Waals surface area contributed by atoms with E-state index in [-0.39, 0.29) is 5.54 Å². The molecule has 0 bridgehead atoms. The van der Waals surface area contributed by atoms with Crippen molar-refractivity contribution in [2.45, 2.75) is 31.2 Å². The Labute approximate surface area is 115 Å². The Hall–Kier alpha value is -0.510. The van der Waals surface area contributed by atoms with Crippen molar-refractivity contribution < 1.29 is 0 Å². The van der Waals surface area contributed by atoms with Crippen LogP contribution in [0, 0.1) is 6.92 Å². The molecule has 0 amide bonds. The number of thioether (sulfide) groups is 1. The van der Waals surface area contributed by atoms with Gasteiger partial charge in [-0.05, 0) is 32.9 Å². The summed E-state index contributed by atoms with van der Waals surface area (Å²) in [5, 5.41) is 3.42. The molecule has 1 aliphatic heterocycles. The predicted molar refractivity (Wildman–Crippen MR) is 80.4 cm³/mol. The molecule has 0 atom stereocenters. The van der Waals surface area contributed by atoms with Crippen LogP contribution in [-0.2, 0) is 0 Å². The molecule has 0 saturated carbocycles. The first-order chi connectivity index (χ1) is 8.58. The topological polar surface area (TPSA) is 15.3 Å². The van der Waals surface area contributed by atoms with E-state index < -0.39 is 0 Å². The third kappa shape index (κ3) is 3.74. The van der Waals surface area contributed by atoms with Gasteiger partial charge in [0.05, 0.1) is 0 Å². The summed E-state index contributed by atoms with van der Waals surface area (Å²) in [6.45, 7) is 11.5. The van der Waals surface area contributed by atoms with E-state index >= 15 is 0 Å². The minimum atomic E-state index is 0.274. The molecular formula is C15H24N2S. The van der Waals surface area contributed by atoms with Gasteiger partial charge in [-0.2, -0.15) is 0 Å². The Kier molecular flexibility index (Phi) is 4.71. The molecule has 18 heavy (non-hydrogen) atoms. The van der Waals surface area contributed by atoms with Gasteiger partial charge in [0.15, 0.2) is 0 Å². The summed E-state index contributed by atoms with van der Waals surface area (Å²) in [4.78, 5) is 3.99. The summed E-state index contributed by atoms with van der Waals surface area (Å²) in [7, 11) is 0. The molecule has 0 aromatic heterocycles. The van der Waals surface area contributed by atoms with Crippen LogP contribution in [0.2, 0.25) is 0 Å². The quantitative estimate of drug-likeness (QED) is 0.842. The average molecular weight is 264 g/mol. The van der Waals surface area contributed by atoms with E-state index in [9.17, 15) is 0 Å². The lowest BCUT2D eigenvalue weighted by Gasteiger charge is -2.41. The largest absolute Gasteiger partial charge is 0.314 e. The van der Waals surface area contributed by atoms with Gasteiger partial charge in [-0.1, -0.05) is 17.7 Å². The van der Waals surface area contributed by atoms with Gasteiger partial charge in [-0.15, -0.1) is 11.8 Å². The second-order valence-electron chi connectivity index (χ2n) is 5.65. The van der Waals surface area contributed by atoms with Gasteiger partial charge < -0.3 is 5.32 Å². The molecular weight excluding hydrogens is 240 g/mol. The number of nitrogens with zero attached hydrogens (tertiary/aromatic N) is 1. The van der Waals surface area contributed by atoms with Crippen LogP contribution >= 0.6 is 11.8 Å². The fraction of sp³-hybridized carbons (Fsp3) is 0.600. The van der Waals surface area contributed by atoms with E-state index in [1.807, 2.05) is 11.8 Å². The summed E-state index contributed by atoms with van der Waals surface area (Å²) in [6.07, 6.45) is 0. The normalized spacial score (nSPS) is 17.9. The predicted octanol–water partition coefficient (Wildman–Crippen LogP) is 2.77. The van der Waals surface area contributed by atoms with Crippen LogP contribution in [0.4, 0.5) is 0 Å². The first kappa shape index (κ1) is 13.9.